The van der Waals surface area contributed by atoms with Gasteiger partial charge in [0.2, 0.25) is 5.95 Å². The van der Waals surface area contributed by atoms with Crippen molar-refractivity contribution in [3.63, 3.8) is 0 Å². The van der Waals surface area contributed by atoms with Crippen LogP contribution in [0.3, 0.4) is 0 Å². The Labute approximate surface area is 195 Å². The Balaban J connectivity index is 1.32. The van der Waals surface area contributed by atoms with Crippen molar-refractivity contribution in [2.24, 2.45) is 0 Å². The topological polar surface area (TPSA) is 73.3 Å². The lowest BCUT2D eigenvalue weighted by Crippen LogP contribution is -2.07. The summed E-state index contributed by atoms with van der Waals surface area (Å²) in [5.74, 6) is -0.152. The maximum Gasteiger partial charge on any atom is 0.341 e. The second-order valence-electron chi connectivity index (χ2n) is 7.05. The molecule has 1 heterocycles. The normalized spacial score (nSPS) is 10.5. The quantitative estimate of drug-likeness (QED) is 0.325. The number of rotatable bonds is 8. The van der Waals surface area contributed by atoms with E-state index in [1.54, 1.807) is 30.3 Å². The number of hydrogen-bond donors (Lipinski definition) is 1. The number of nitrogens with one attached hydrogen (secondary N) is 1. The smallest absolute Gasteiger partial charge is 0.341 e. The van der Waals surface area contributed by atoms with Crippen molar-refractivity contribution in [3.8, 4) is 5.75 Å². The third kappa shape index (κ3) is 6.27. The molecule has 0 aliphatic carbocycles. The van der Waals surface area contributed by atoms with Crippen LogP contribution in [0.4, 0.5) is 16.0 Å². The van der Waals surface area contributed by atoms with E-state index in [9.17, 15) is 9.18 Å². The predicted octanol–water partition coefficient (Wildman–Crippen LogP) is 5.95. The zero-order valence-electron chi connectivity index (χ0n) is 17.4. The Morgan fingerprint density at radius 2 is 1.67 bits per heavy atom. The van der Waals surface area contributed by atoms with Crippen LogP contribution in [0, 0.1) is 5.82 Å². The number of anilines is 2. The van der Waals surface area contributed by atoms with E-state index < -0.39 is 11.8 Å². The van der Waals surface area contributed by atoms with Crippen LogP contribution in [0.5, 0.6) is 5.75 Å². The number of carbonyl (C=O) groups excluding carboxylic acids is 1. The highest BCUT2D eigenvalue weighted by Crippen LogP contribution is 2.29. The van der Waals surface area contributed by atoms with Crippen LogP contribution in [0.15, 0.2) is 85.2 Å². The first-order valence-electron chi connectivity index (χ1n) is 10.0. The second-order valence-corrected chi connectivity index (χ2v) is 7.45. The van der Waals surface area contributed by atoms with Gasteiger partial charge in [-0.15, -0.1) is 0 Å². The van der Waals surface area contributed by atoms with Gasteiger partial charge in [0.05, 0.1) is 10.6 Å². The maximum absolute atomic E-state index is 13.2. The molecular formula is C25H19ClFN3O3. The molecule has 1 N–H and O–H groups in total. The SMILES string of the molecule is O=C(OCc1cccc(F)c1)c1cnc(Nc2ccc(OCc3ccccc3)c(Cl)c2)nc1. The number of ether oxygens (including phenoxy) is 2. The van der Waals surface area contributed by atoms with Crippen LogP contribution >= 0.6 is 11.6 Å². The highest BCUT2D eigenvalue weighted by molar-refractivity contribution is 6.32. The molecule has 33 heavy (non-hydrogen) atoms. The minimum absolute atomic E-state index is 0.0478. The summed E-state index contributed by atoms with van der Waals surface area (Å²) in [7, 11) is 0. The molecule has 4 aromatic rings. The molecule has 8 heteroatoms. The Kier molecular flexibility index (Phi) is 7.12. The fourth-order valence-corrected chi connectivity index (χ4v) is 3.15. The third-order valence-corrected chi connectivity index (χ3v) is 4.87. The van der Waals surface area contributed by atoms with Gasteiger partial charge < -0.3 is 14.8 Å². The van der Waals surface area contributed by atoms with Crippen molar-refractivity contribution in [2.45, 2.75) is 13.2 Å². The number of carbonyl (C=O) groups is 1. The third-order valence-electron chi connectivity index (χ3n) is 4.57. The Morgan fingerprint density at radius 3 is 2.39 bits per heavy atom. The first kappa shape index (κ1) is 22.2. The minimum atomic E-state index is -0.603. The van der Waals surface area contributed by atoms with Gasteiger partial charge in [0.15, 0.2) is 0 Å². The number of hydrogen-bond acceptors (Lipinski definition) is 6. The van der Waals surface area contributed by atoms with E-state index in [0.717, 1.165) is 5.56 Å². The number of halogens is 2. The summed E-state index contributed by atoms with van der Waals surface area (Å²) in [5.41, 5.74) is 2.43. The molecule has 0 radical (unpaired) electrons. The predicted molar refractivity (Wildman–Crippen MR) is 123 cm³/mol. The molecule has 0 fully saturated rings. The molecular weight excluding hydrogens is 445 g/mol. The van der Waals surface area contributed by atoms with Gasteiger partial charge in [0.25, 0.3) is 0 Å². The molecule has 0 bridgehead atoms. The molecule has 3 aromatic carbocycles. The summed E-state index contributed by atoms with van der Waals surface area (Å²) in [6.07, 6.45) is 2.70. The van der Waals surface area contributed by atoms with E-state index in [0.29, 0.717) is 28.6 Å². The van der Waals surface area contributed by atoms with Crippen LogP contribution in [-0.2, 0) is 18.0 Å². The Morgan fingerprint density at radius 1 is 0.909 bits per heavy atom. The zero-order chi connectivity index (χ0) is 23.0. The molecule has 0 aliphatic rings. The molecule has 0 spiro atoms. The van der Waals surface area contributed by atoms with Crippen LogP contribution in [-0.4, -0.2) is 15.9 Å². The molecule has 6 nitrogen and oxygen atoms in total. The van der Waals surface area contributed by atoms with E-state index in [1.165, 1.54) is 24.5 Å². The molecule has 0 amide bonds. The first-order chi connectivity index (χ1) is 16.1. The van der Waals surface area contributed by atoms with Gasteiger partial charge in [0.1, 0.15) is 24.8 Å². The molecule has 4 rings (SSSR count). The summed E-state index contributed by atoms with van der Waals surface area (Å²) < 4.78 is 24.2. The minimum Gasteiger partial charge on any atom is -0.487 e. The Hall–Kier alpha value is -3.97. The molecule has 0 unspecified atom stereocenters. The maximum atomic E-state index is 13.2. The highest BCUT2D eigenvalue weighted by Gasteiger charge is 2.10. The average Bonchev–Trinajstić information content (AvgIpc) is 2.83. The largest absolute Gasteiger partial charge is 0.487 e. The summed E-state index contributed by atoms with van der Waals surface area (Å²) in [6, 6.07) is 20.9. The number of nitrogens with zero attached hydrogens (tertiary/aromatic N) is 2. The van der Waals surface area contributed by atoms with Crippen molar-refractivity contribution in [3.05, 3.63) is 113 Å². The van der Waals surface area contributed by atoms with E-state index in [-0.39, 0.29) is 18.1 Å². The molecule has 0 saturated heterocycles. The summed E-state index contributed by atoms with van der Waals surface area (Å²) in [5, 5.41) is 3.46. The Bertz CT molecular complexity index is 1240. The van der Waals surface area contributed by atoms with E-state index in [2.05, 4.69) is 15.3 Å². The fourth-order valence-electron chi connectivity index (χ4n) is 2.92. The van der Waals surface area contributed by atoms with E-state index in [4.69, 9.17) is 21.1 Å². The van der Waals surface area contributed by atoms with Gasteiger partial charge in [0, 0.05) is 18.1 Å². The number of esters is 1. The van der Waals surface area contributed by atoms with E-state index >= 15 is 0 Å². The number of aromatic nitrogens is 2. The van der Waals surface area contributed by atoms with Gasteiger partial charge in [-0.1, -0.05) is 54.1 Å². The number of benzene rings is 3. The zero-order valence-corrected chi connectivity index (χ0v) is 18.1. The van der Waals surface area contributed by atoms with Crippen LogP contribution < -0.4 is 10.1 Å². The molecule has 166 valence electrons. The van der Waals surface area contributed by atoms with Crippen molar-refractivity contribution < 1.29 is 18.7 Å². The van der Waals surface area contributed by atoms with Crippen LogP contribution in [0.2, 0.25) is 5.02 Å². The fraction of sp³-hybridized carbons (Fsp3) is 0.0800. The first-order valence-corrected chi connectivity index (χ1v) is 10.4. The van der Waals surface area contributed by atoms with Crippen LogP contribution in [0.1, 0.15) is 21.5 Å². The van der Waals surface area contributed by atoms with Crippen molar-refractivity contribution in [1.29, 1.82) is 0 Å². The molecule has 0 saturated carbocycles. The lowest BCUT2D eigenvalue weighted by molar-refractivity contribution is 0.0471. The van der Waals surface area contributed by atoms with Gasteiger partial charge >= 0.3 is 5.97 Å². The lowest BCUT2D eigenvalue weighted by atomic mass is 10.2. The second kappa shape index (κ2) is 10.6. The van der Waals surface area contributed by atoms with Gasteiger partial charge in [-0.3, -0.25) is 0 Å². The van der Waals surface area contributed by atoms with Crippen molar-refractivity contribution in [1.82, 2.24) is 9.97 Å². The average molecular weight is 464 g/mol. The van der Waals surface area contributed by atoms with Gasteiger partial charge in [-0.2, -0.15) is 0 Å². The monoisotopic (exact) mass is 463 g/mol. The van der Waals surface area contributed by atoms with Crippen molar-refractivity contribution >= 4 is 29.2 Å². The summed E-state index contributed by atoms with van der Waals surface area (Å²) in [6.45, 7) is 0.362. The summed E-state index contributed by atoms with van der Waals surface area (Å²) >= 11 is 6.33. The standard InChI is InChI=1S/C25H19ClFN3O3/c26-22-12-21(9-10-23(22)32-15-17-5-2-1-3-6-17)30-25-28-13-19(14-29-25)24(31)33-16-18-7-4-8-20(27)11-18/h1-14H,15-16H2,(H,28,29,30). The van der Waals surface area contributed by atoms with Crippen molar-refractivity contribution in [2.75, 3.05) is 5.32 Å². The van der Waals surface area contributed by atoms with Gasteiger partial charge in [-0.05, 0) is 41.5 Å². The lowest BCUT2D eigenvalue weighted by Gasteiger charge is -2.11. The molecule has 0 aliphatic heterocycles. The van der Waals surface area contributed by atoms with Crippen LogP contribution in [0.25, 0.3) is 0 Å². The molecule has 1 aromatic heterocycles. The molecule has 0 atom stereocenters. The highest BCUT2D eigenvalue weighted by atomic mass is 35.5. The van der Waals surface area contributed by atoms with E-state index in [1.807, 2.05) is 30.3 Å². The summed E-state index contributed by atoms with van der Waals surface area (Å²) in [4.78, 5) is 20.4. The van der Waals surface area contributed by atoms with Gasteiger partial charge in [-0.25, -0.2) is 19.2 Å².